The van der Waals surface area contributed by atoms with Crippen molar-refractivity contribution < 1.29 is 27.8 Å². The number of nitrogens with zero attached hydrogens (tertiary/aromatic N) is 3. The first-order chi connectivity index (χ1) is 18.8. The average molecular weight is 540 g/mol. The van der Waals surface area contributed by atoms with Crippen LogP contribution in [0.4, 0.5) is 31.7 Å². The largest absolute Gasteiger partial charge is 0.494 e. The highest BCUT2D eigenvalue weighted by atomic mass is 19.1. The molecule has 0 bridgehead atoms. The minimum atomic E-state index is -1.75. The van der Waals surface area contributed by atoms with Crippen molar-refractivity contribution in [1.29, 1.82) is 0 Å². The molecule has 1 saturated heterocycles. The van der Waals surface area contributed by atoms with Gasteiger partial charge < -0.3 is 39.8 Å². The summed E-state index contributed by atoms with van der Waals surface area (Å²) in [7, 11) is 2.47. The molecule has 1 unspecified atom stereocenters. The number of likely N-dealkylation sites (N-methyl/N-ethyl adjacent to an activating group) is 1. The molecule has 206 valence electrons. The van der Waals surface area contributed by atoms with Crippen molar-refractivity contribution in [3.63, 3.8) is 0 Å². The molecule has 39 heavy (non-hydrogen) atoms. The van der Waals surface area contributed by atoms with Gasteiger partial charge in [-0.05, 0) is 36.9 Å². The number of benzene rings is 2. The molecule has 0 radical (unpaired) electrons. The molecule has 2 aromatic heterocycles. The van der Waals surface area contributed by atoms with E-state index in [2.05, 4.69) is 27.0 Å². The van der Waals surface area contributed by atoms with Crippen molar-refractivity contribution >= 4 is 33.8 Å². The fourth-order valence-corrected chi connectivity index (χ4v) is 4.78. The molecule has 11 heteroatoms. The van der Waals surface area contributed by atoms with Crippen molar-refractivity contribution in [3.05, 3.63) is 65.6 Å². The normalized spacial score (nSPS) is 15.0. The summed E-state index contributed by atoms with van der Waals surface area (Å²) >= 11 is 0. The van der Waals surface area contributed by atoms with Gasteiger partial charge in [-0.25, -0.2) is 13.8 Å². The van der Waals surface area contributed by atoms with Crippen LogP contribution in [0.2, 0.25) is 0 Å². The molecule has 0 amide bonds. The van der Waals surface area contributed by atoms with E-state index < -0.39 is 23.3 Å². The van der Waals surface area contributed by atoms with Crippen LogP contribution >= 0.6 is 0 Å². The van der Waals surface area contributed by atoms with E-state index in [1.165, 1.54) is 26.5 Å². The van der Waals surface area contributed by atoms with E-state index in [1.54, 1.807) is 6.07 Å². The Balaban J connectivity index is 1.37. The zero-order valence-corrected chi connectivity index (χ0v) is 22.0. The van der Waals surface area contributed by atoms with E-state index >= 15 is 0 Å². The molecular formula is C28H31F2N5O4. The van der Waals surface area contributed by atoms with Gasteiger partial charge in [0.25, 0.3) is 0 Å². The van der Waals surface area contributed by atoms with Gasteiger partial charge in [-0.2, -0.15) is 0 Å². The average Bonchev–Trinajstić information content (AvgIpc) is 3.38. The summed E-state index contributed by atoms with van der Waals surface area (Å²) in [5.41, 5.74) is 8.39. The Kier molecular flexibility index (Phi) is 7.45. The lowest BCUT2D eigenvalue weighted by molar-refractivity contribution is 0.179. The van der Waals surface area contributed by atoms with Crippen LogP contribution in [0.25, 0.3) is 11.0 Å². The lowest BCUT2D eigenvalue weighted by Crippen LogP contribution is -2.46. The number of nitrogens with two attached hydrogens (primary N) is 1. The van der Waals surface area contributed by atoms with Gasteiger partial charge in [-0.15, -0.1) is 0 Å². The van der Waals surface area contributed by atoms with Crippen LogP contribution in [-0.4, -0.2) is 61.9 Å². The summed E-state index contributed by atoms with van der Waals surface area (Å²) in [6, 6.07) is 10.2. The first kappa shape index (κ1) is 26.5. The van der Waals surface area contributed by atoms with Gasteiger partial charge in [0.1, 0.15) is 17.7 Å². The van der Waals surface area contributed by atoms with E-state index in [0.29, 0.717) is 28.2 Å². The number of nitrogens with one attached hydrogen (secondary N) is 1. The summed E-state index contributed by atoms with van der Waals surface area (Å²) in [4.78, 5) is 9.10. The highest BCUT2D eigenvalue weighted by molar-refractivity contribution is 5.83. The number of rotatable bonds is 8. The number of furan rings is 1. The number of halogens is 2. The molecule has 2 aromatic carbocycles. The van der Waals surface area contributed by atoms with Crippen molar-refractivity contribution in [1.82, 2.24) is 9.88 Å². The summed E-state index contributed by atoms with van der Waals surface area (Å²) in [6.07, 6.45) is -0.287. The third-order valence-corrected chi connectivity index (χ3v) is 7.06. The third-order valence-electron chi connectivity index (χ3n) is 7.06. The Labute approximate surface area is 224 Å². The number of piperazine rings is 1. The second-order valence-electron chi connectivity index (χ2n) is 9.30. The maximum absolute atomic E-state index is 14.9. The van der Waals surface area contributed by atoms with Gasteiger partial charge in [0, 0.05) is 43.3 Å². The molecule has 3 heterocycles. The number of fused-ring (bicyclic) bond motifs is 1. The van der Waals surface area contributed by atoms with Gasteiger partial charge >= 0.3 is 0 Å². The second-order valence-corrected chi connectivity index (χ2v) is 9.30. The first-order valence-electron chi connectivity index (χ1n) is 12.6. The smallest absolute Gasteiger partial charge is 0.174 e. The van der Waals surface area contributed by atoms with Crippen LogP contribution in [0.1, 0.15) is 24.4 Å². The van der Waals surface area contributed by atoms with Crippen LogP contribution in [0.15, 0.2) is 47.0 Å². The molecule has 9 nitrogen and oxygen atoms in total. The number of pyridine rings is 1. The van der Waals surface area contributed by atoms with Crippen LogP contribution in [-0.2, 0) is 0 Å². The first-order valence-corrected chi connectivity index (χ1v) is 12.6. The number of aliphatic hydroxyl groups excluding tert-OH is 1. The topological polar surface area (TPSA) is 109 Å². The lowest BCUT2D eigenvalue weighted by Gasteiger charge is -2.35. The monoisotopic (exact) mass is 539 g/mol. The van der Waals surface area contributed by atoms with Crippen molar-refractivity contribution in [2.24, 2.45) is 0 Å². The number of hydrogen-bond donors (Lipinski definition) is 3. The van der Waals surface area contributed by atoms with Gasteiger partial charge in [-0.1, -0.05) is 6.92 Å². The van der Waals surface area contributed by atoms with Crippen molar-refractivity contribution in [3.8, 4) is 11.5 Å². The lowest BCUT2D eigenvalue weighted by atomic mass is 10.0. The minimum absolute atomic E-state index is 0.0657. The van der Waals surface area contributed by atoms with Crippen molar-refractivity contribution in [2.45, 2.75) is 13.0 Å². The Morgan fingerprint density at radius 2 is 1.74 bits per heavy atom. The summed E-state index contributed by atoms with van der Waals surface area (Å²) in [6.45, 7) is 7.16. The maximum Gasteiger partial charge on any atom is 0.174 e. The standard InChI is InChI=1S/C28H31F2N5O4/c1-4-34-7-9-35(10-8-34)17-5-6-19(18(31)13-17)33-24-12-16-11-22(39-23(16)15-32-24)28(36)25-26(29)20(37-2)14-21(38-3)27(25)30/h5-6,11-15,28,36H,4,7-10,31H2,1-3H3,(H,32,33). The highest BCUT2D eigenvalue weighted by Crippen LogP contribution is 2.38. The van der Waals surface area contributed by atoms with E-state index in [9.17, 15) is 13.9 Å². The van der Waals surface area contributed by atoms with E-state index in [1.807, 2.05) is 18.2 Å². The van der Waals surface area contributed by atoms with Gasteiger partial charge in [0.05, 0.1) is 37.4 Å². The Hall–Kier alpha value is -4.09. The number of hydrogen-bond acceptors (Lipinski definition) is 9. The van der Waals surface area contributed by atoms with E-state index in [0.717, 1.165) is 44.5 Å². The van der Waals surface area contributed by atoms with E-state index in [-0.39, 0.29) is 17.3 Å². The van der Waals surface area contributed by atoms with Crippen LogP contribution in [0.3, 0.4) is 0 Å². The van der Waals surface area contributed by atoms with Gasteiger partial charge in [-0.3, -0.25) is 0 Å². The quantitative estimate of drug-likeness (QED) is 0.275. The molecule has 0 spiro atoms. The molecular weight excluding hydrogens is 508 g/mol. The van der Waals surface area contributed by atoms with Crippen LogP contribution in [0, 0.1) is 11.6 Å². The predicted molar refractivity (Wildman–Crippen MR) is 146 cm³/mol. The van der Waals surface area contributed by atoms with Gasteiger partial charge in [0.2, 0.25) is 0 Å². The number of nitrogen functional groups attached to an aromatic ring is 1. The molecule has 5 rings (SSSR count). The number of anilines is 4. The Morgan fingerprint density at radius 3 is 2.36 bits per heavy atom. The fraction of sp³-hybridized carbons (Fsp3) is 0.321. The van der Waals surface area contributed by atoms with Gasteiger partial charge in [0.15, 0.2) is 28.7 Å². The summed E-state index contributed by atoms with van der Waals surface area (Å²) in [5, 5.41) is 14.6. The number of aliphatic hydroxyl groups is 1. The zero-order chi connectivity index (χ0) is 27.7. The molecule has 4 N–H and O–H groups in total. The summed E-state index contributed by atoms with van der Waals surface area (Å²) in [5.74, 6) is -2.20. The molecule has 1 atom stereocenters. The molecule has 4 aromatic rings. The Morgan fingerprint density at radius 1 is 1.05 bits per heavy atom. The van der Waals surface area contributed by atoms with Crippen molar-refractivity contribution in [2.75, 3.05) is 62.9 Å². The van der Waals surface area contributed by atoms with Crippen LogP contribution in [0.5, 0.6) is 11.5 Å². The summed E-state index contributed by atoms with van der Waals surface area (Å²) < 4.78 is 45.4. The Bertz CT molecular complexity index is 1460. The van der Waals surface area contributed by atoms with Crippen LogP contribution < -0.4 is 25.4 Å². The zero-order valence-electron chi connectivity index (χ0n) is 22.0. The highest BCUT2D eigenvalue weighted by Gasteiger charge is 2.29. The minimum Gasteiger partial charge on any atom is -0.494 e. The fourth-order valence-electron chi connectivity index (χ4n) is 4.78. The molecule has 1 aliphatic heterocycles. The predicted octanol–water partition coefficient (Wildman–Crippen LogP) is 4.67. The second kappa shape index (κ2) is 11.0. The third kappa shape index (κ3) is 5.15. The molecule has 0 aliphatic carbocycles. The number of aromatic nitrogens is 1. The SMILES string of the molecule is CCN1CCN(c2ccc(Nc3cc4cc(C(O)c5c(F)c(OC)cc(OC)c5F)oc4cn3)c(N)c2)CC1. The number of methoxy groups -OCH3 is 2. The number of ether oxygens (including phenoxy) is 2. The molecule has 1 aliphatic rings. The van der Waals surface area contributed by atoms with E-state index in [4.69, 9.17) is 19.6 Å². The molecule has 1 fully saturated rings. The maximum atomic E-state index is 14.9. The molecule has 0 saturated carbocycles.